The summed E-state index contributed by atoms with van der Waals surface area (Å²) in [5, 5.41) is 21.2. The number of hydrogen-bond donors (Lipinski definition) is 3. The van der Waals surface area contributed by atoms with Crippen LogP contribution in [0.25, 0.3) is 0 Å². The van der Waals surface area contributed by atoms with Gasteiger partial charge in [-0.2, -0.15) is 0 Å². The van der Waals surface area contributed by atoms with Gasteiger partial charge in [0.2, 0.25) is 5.91 Å². The molecule has 3 N–H and O–H groups in total. The molecule has 0 aliphatic rings. The van der Waals surface area contributed by atoms with E-state index in [0.717, 1.165) is 12.8 Å². The number of aliphatic hydroxyl groups is 1. The highest BCUT2D eigenvalue weighted by atomic mass is 16.4. The van der Waals surface area contributed by atoms with Crippen LogP contribution in [-0.2, 0) is 9.59 Å². The van der Waals surface area contributed by atoms with Crippen molar-refractivity contribution < 1.29 is 19.8 Å². The quantitative estimate of drug-likeness (QED) is 0.600. The molecule has 5 nitrogen and oxygen atoms in total. The minimum atomic E-state index is -1.11. The second-order valence-electron chi connectivity index (χ2n) is 4.41. The van der Waals surface area contributed by atoms with Crippen molar-refractivity contribution in [2.75, 3.05) is 6.54 Å². The third-order valence-electron chi connectivity index (χ3n) is 3.29. The maximum absolute atomic E-state index is 11.6. The molecule has 0 bridgehead atoms. The normalized spacial score (nSPS) is 14.1. The van der Waals surface area contributed by atoms with E-state index in [1.54, 1.807) is 0 Å². The summed E-state index contributed by atoms with van der Waals surface area (Å²) in [6, 6.07) is 0. The lowest BCUT2D eigenvalue weighted by molar-refractivity contribution is -0.133. The number of carboxylic acid groups (broad SMARTS) is 1. The third-order valence-corrected chi connectivity index (χ3v) is 3.29. The molecule has 1 amide bonds. The second-order valence-corrected chi connectivity index (χ2v) is 4.41. The zero-order chi connectivity index (χ0) is 14.3. The average Bonchev–Trinajstić information content (AvgIpc) is 2.35. The van der Waals surface area contributed by atoms with Crippen LogP contribution >= 0.6 is 0 Å². The van der Waals surface area contributed by atoms with Crippen molar-refractivity contribution in [2.45, 2.75) is 46.6 Å². The van der Waals surface area contributed by atoms with Crippen LogP contribution in [0.15, 0.2) is 11.1 Å². The number of carbonyl (C=O) groups excluding carboxylic acids is 1. The van der Waals surface area contributed by atoms with Crippen LogP contribution in [0.4, 0.5) is 0 Å². The van der Waals surface area contributed by atoms with Crippen molar-refractivity contribution in [3.63, 3.8) is 0 Å². The van der Waals surface area contributed by atoms with Crippen molar-refractivity contribution in [3.05, 3.63) is 11.1 Å². The van der Waals surface area contributed by atoms with E-state index in [9.17, 15) is 14.7 Å². The predicted molar refractivity (Wildman–Crippen MR) is 69.1 cm³/mol. The SMILES string of the molecule is CCC(CC)C(O)CNC(=O)C(C)=C(C)C(=O)O. The smallest absolute Gasteiger partial charge is 0.331 e. The number of hydrogen-bond acceptors (Lipinski definition) is 3. The molecular weight excluding hydrogens is 234 g/mol. The summed E-state index contributed by atoms with van der Waals surface area (Å²) in [5.74, 6) is -1.40. The first-order chi connectivity index (χ1) is 8.34. The zero-order valence-electron chi connectivity index (χ0n) is 11.5. The summed E-state index contributed by atoms with van der Waals surface area (Å²) < 4.78 is 0. The highest BCUT2D eigenvalue weighted by molar-refractivity contribution is 6.01. The standard InChI is InChI=1S/C13H23NO4/c1-5-10(6-2)11(15)7-14-12(16)8(3)9(4)13(17)18/h10-11,15H,5-7H2,1-4H3,(H,14,16)(H,17,18). The molecule has 18 heavy (non-hydrogen) atoms. The lowest BCUT2D eigenvalue weighted by Gasteiger charge is -2.20. The number of aliphatic hydroxyl groups excluding tert-OH is 1. The first kappa shape index (κ1) is 16.6. The maximum Gasteiger partial charge on any atom is 0.331 e. The molecule has 104 valence electrons. The molecular formula is C13H23NO4. The van der Waals surface area contributed by atoms with Crippen molar-refractivity contribution >= 4 is 11.9 Å². The molecule has 0 saturated heterocycles. The molecule has 0 rings (SSSR count). The molecule has 1 unspecified atom stereocenters. The van der Waals surface area contributed by atoms with Crippen LogP contribution in [0.5, 0.6) is 0 Å². The van der Waals surface area contributed by atoms with Crippen molar-refractivity contribution in [3.8, 4) is 0 Å². The van der Waals surface area contributed by atoms with E-state index < -0.39 is 18.0 Å². The summed E-state index contributed by atoms with van der Waals surface area (Å²) in [6.45, 7) is 6.96. The molecule has 1 atom stereocenters. The van der Waals surface area contributed by atoms with Gasteiger partial charge in [-0.1, -0.05) is 26.7 Å². The Morgan fingerprint density at radius 1 is 1.11 bits per heavy atom. The number of rotatable bonds is 7. The van der Waals surface area contributed by atoms with Crippen LogP contribution in [-0.4, -0.2) is 34.7 Å². The van der Waals surface area contributed by atoms with Crippen LogP contribution in [0, 0.1) is 5.92 Å². The summed E-state index contributed by atoms with van der Waals surface area (Å²) in [6.07, 6.45) is 1.09. The molecule has 0 radical (unpaired) electrons. The van der Waals surface area contributed by atoms with Gasteiger partial charge in [0.05, 0.1) is 6.10 Å². The lowest BCUT2D eigenvalue weighted by atomic mass is 9.96. The topological polar surface area (TPSA) is 86.6 Å². The minimum absolute atomic E-state index is 0.0181. The molecule has 0 aromatic heterocycles. The van der Waals surface area contributed by atoms with Crippen LogP contribution in [0.1, 0.15) is 40.5 Å². The molecule has 0 heterocycles. The molecule has 0 fully saturated rings. The highest BCUT2D eigenvalue weighted by Gasteiger charge is 2.18. The fourth-order valence-corrected chi connectivity index (χ4v) is 1.66. The molecule has 0 aromatic carbocycles. The van der Waals surface area contributed by atoms with Gasteiger partial charge >= 0.3 is 5.97 Å². The second kappa shape index (κ2) is 7.87. The Morgan fingerprint density at radius 3 is 2.00 bits per heavy atom. The summed E-state index contributed by atoms with van der Waals surface area (Å²) in [7, 11) is 0. The summed E-state index contributed by atoms with van der Waals surface area (Å²) in [4.78, 5) is 22.3. The number of amides is 1. The van der Waals surface area contributed by atoms with Gasteiger partial charge in [-0.25, -0.2) is 4.79 Å². The largest absolute Gasteiger partial charge is 0.478 e. The number of aliphatic carboxylic acids is 1. The molecule has 0 saturated carbocycles. The monoisotopic (exact) mass is 257 g/mol. The van der Waals surface area contributed by atoms with E-state index in [4.69, 9.17) is 5.11 Å². The molecule has 0 aromatic rings. The van der Waals surface area contributed by atoms with E-state index >= 15 is 0 Å². The Labute approximate surface area is 108 Å². The number of carboxylic acids is 1. The van der Waals surface area contributed by atoms with Gasteiger partial charge in [0, 0.05) is 17.7 Å². The van der Waals surface area contributed by atoms with Crippen LogP contribution < -0.4 is 5.32 Å². The molecule has 5 heteroatoms. The third kappa shape index (κ3) is 4.87. The van der Waals surface area contributed by atoms with Crippen molar-refractivity contribution in [1.29, 1.82) is 0 Å². The Hall–Kier alpha value is -1.36. The number of carbonyl (C=O) groups is 2. The molecule has 0 aliphatic carbocycles. The first-order valence-corrected chi connectivity index (χ1v) is 6.22. The average molecular weight is 257 g/mol. The van der Waals surface area contributed by atoms with Gasteiger partial charge in [0.1, 0.15) is 0 Å². The van der Waals surface area contributed by atoms with Crippen molar-refractivity contribution in [1.82, 2.24) is 5.32 Å². The Kier molecular flexibility index (Phi) is 7.27. The Balaban J connectivity index is 4.43. The van der Waals surface area contributed by atoms with E-state index in [-0.39, 0.29) is 23.6 Å². The van der Waals surface area contributed by atoms with Gasteiger partial charge in [-0.15, -0.1) is 0 Å². The van der Waals surface area contributed by atoms with E-state index in [1.807, 2.05) is 13.8 Å². The van der Waals surface area contributed by atoms with E-state index in [1.165, 1.54) is 13.8 Å². The minimum Gasteiger partial charge on any atom is -0.478 e. The fourth-order valence-electron chi connectivity index (χ4n) is 1.66. The summed E-state index contributed by atoms with van der Waals surface area (Å²) in [5.41, 5.74) is 0.184. The predicted octanol–water partition coefficient (Wildman–Crippen LogP) is 1.32. The van der Waals surface area contributed by atoms with Crippen molar-refractivity contribution in [2.24, 2.45) is 5.92 Å². The van der Waals surface area contributed by atoms with Gasteiger partial charge in [0.25, 0.3) is 0 Å². The molecule has 0 spiro atoms. The van der Waals surface area contributed by atoms with Crippen LogP contribution in [0.2, 0.25) is 0 Å². The lowest BCUT2D eigenvalue weighted by Crippen LogP contribution is -2.36. The Bertz CT molecular complexity index is 332. The maximum atomic E-state index is 11.6. The van der Waals surface area contributed by atoms with Gasteiger partial charge < -0.3 is 15.5 Å². The van der Waals surface area contributed by atoms with E-state index in [0.29, 0.717) is 0 Å². The van der Waals surface area contributed by atoms with E-state index in [2.05, 4.69) is 5.32 Å². The fraction of sp³-hybridized carbons (Fsp3) is 0.692. The molecule has 0 aliphatic heterocycles. The zero-order valence-corrected chi connectivity index (χ0v) is 11.5. The van der Waals surface area contributed by atoms with Gasteiger partial charge in [-0.05, 0) is 19.8 Å². The van der Waals surface area contributed by atoms with Crippen LogP contribution in [0.3, 0.4) is 0 Å². The van der Waals surface area contributed by atoms with Gasteiger partial charge in [0.15, 0.2) is 0 Å². The first-order valence-electron chi connectivity index (χ1n) is 6.22. The Morgan fingerprint density at radius 2 is 1.61 bits per heavy atom. The number of nitrogens with one attached hydrogen (secondary N) is 1. The summed E-state index contributed by atoms with van der Waals surface area (Å²) >= 11 is 0. The highest BCUT2D eigenvalue weighted by Crippen LogP contribution is 2.12. The van der Waals surface area contributed by atoms with Gasteiger partial charge in [-0.3, -0.25) is 4.79 Å².